The minimum atomic E-state index is -3.01. The number of nitrogens with zero attached hydrogens (tertiary/aromatic N) is 2. The van der Waals surface area contributed by atoms with Gasteiger partial charge in [0.1, 0.15) is 19.5 Å². The van der Waals surface area contributed by atoms with Gasteiger partial charge in [0.15, 0.2) is 0 Å². The first-order valence-corrected chi connectivity index (χ1v) is 11.3. The second-order valence-electron chi connectivity index (χ2n) is 6.87. The van der Waals surface area contributed by atoms with E-state index >= 15 is 0 Å². The van der Waals surface area contributed by atoms with Crippen LogP contribution in [0.4, 0.5) is 13.2 Å². The smallest absolute Gasteiger partial charge is 0.388 e. The molecular weight excluding hydrogens is 347 g/mol. The van der Waals surface area contributed by atoms with Crippen LogP contribution in [0, 0.1) is 17.3 Å². The fourth-order valence-corrected chi connectivity index (χ4v) is 2.74. The zero-order chi connectivity index (χ0) is 18.2. The predicted octanol–water partition coefficient (Wildman–Crippen LogP) is 3.49. The summed E-state index contributed by atoms with van der Waals surface area (Å²) in [5, 5.41) is 7.12. The molecule has 1 fully saturated rings. The Hall–Kier alpha value is -2.24. The first-order valence-electron chi connectivity index (χ1n) is 7.83. The van der Waals surface area contributed by atoms with Crippen LogP contribution < -0.4 is 10.1 Å². The van der Waals surface area contributed by atoms with Crippen molar-refractivity contribution in [2.24, 2.45) is 0 Å². The average molecular weight is 365 g/mol. The lowest BCUT2D eigenvalue weighted by Crippen LogP contribution is -2.16. The van der Waals surface area contributed by atoms with Gasteiger partial charge in [-0.2, -0.15) is 8.78 Å². The molecule has 1 saturated heterocycles. The van der Waals surface area contributed by atoms with E-state index in [9.17, 15) is 13.2 Å². The quantitative estimate of drug-likeness (QED) is 0.513. The summed E-state index contributed by atoms with van der Waals surface area (Å²) < 4.78 is 45.0. The zero-order valence-electron chi connectivity index (χ0n) is 14.1. The Bertz CT molecular complexity index is 845. The Morgan fingerprint density at radius 1 is 1.32 bits per heavy atom. The molecule has 0 amide bonds. The van der Waals surface area contributed by atoms with Gasteiger partial charge >= 0.3 is 6.61 Å². The van der Waals surface area contributed by atoms with Crippen molar-refractivity contribution in [3.8, 4) is 23.0 Å². The third-order valence-electron chi connectivity index (χ3n) is 3.43. The molecule has 2 aromatic rings. The van der Waals surface area contributed by atoms with Gasteiger partial charge in [-0.05, 0) is 23.8 Å². The van der Waals surface area contributed by atoms with Crippen LogP contribution in [0.5, 0.6) is 5.88 Å². The second kappa shape index (κ2) is 6.58. The molecular formula is C17H18F3N3OSi. The molecule has 1 aromatic carbocycles. The molecule has 25 heavy (non-hydrogen) atoms. The normalized spacial score (nSPS) is 16.5. The van der Waals surface area contributed by atoms with E-state index in [1.165, 1.54) is 23.0 Å². The molecule has 4 nitrogen and oxygen atoms in total. The summed E-state index contributed by atoms with van der Waals surface area (Å²) in [6.45, 7) is 3.90. The van der Waals surface area contributed by atoms with Crippen LogP contribution in [0.25, 0.3) is 5.69 Å². The molecule has 1 aromatic heterocycles. The third-order valence-corrected chi connectivity index (χ3v) is 4.31. The van der Waals surface area contributed by atoms with Crippen LogP contribution in [0.15, 0.2) is 24.4 Å². The van der Waals surface area contributed by atoms with Crippen molar-refractivity contribution in [1.82, 2.24) is 15.1 Å². The standard InChI is InChI=1S/C17H18F3N3OSi/c1-25(2,3)5-4-11-10-23(22-16(11)24-17(19)20)14-7-12(15-9-21-15)6-13(18)8-14/h6-8,10,15,17,21H,9H2,1-3H3. The molecule has 0 aliphatic carbocycles. The molecule has 0 radical (unpaired) electrons. The number of hydrogen-bond acceptors (Lipinski definition) is 3. The lowest BCUT2D eigenvalue weighted by Gasteiger charge is -2.05. The topological polar surface area (TPSA) is 49.0 Å². The van der Waals surface area contributed by atoms with E-state index in [0.717, 1.165) is 12.1 Å². The highest BCUT2D eigenvalue weighted by molar-refractivity contribution is 6.83. The Labute approximate surface area is 145 Å². The fourth-order valence-electron chi connectivity index (χ4n) is 2.23. The average Bonchev–Trinajstić information content (AvgIpc) is 3.26. The molecule has 132 valence electrons. The van der Waals surface area contributed by atoms with Crippen molar-refractivity contribution < 1.29 is 17.9 Å². The van der Waals surface area contributed by atoms with E-state index in [4.69, 9.17) is 0 Å². The molecule has 1 atom stereocenters. The van der Waals surface area contributed by atoms with Gasteiger partial charge in [0.25, 0.3) is 5.88 Å². The largest absolute Gasteiger partial charge is 0.414 e. The van der Waals surface area contributed by atoms with E-state index in [2.05, 4.69) is 26.6 Å². The first-order chi connectivity index (χ1) is 11.7. The second-order valence-corrected chi connectivity index (χ2v) is 11.6. The van der Waals surface area contributed by atoms with Crippen LogP contribution in [-0.4, -0.2) is 31.0 Å². The van der Waals surface area contributed by atoms with E-state index in [0.29, 0.717) is 5.69 Å². The van der Waals surface area contributed by atoms with Crippen LogP contribution in [0.1, 0.15) is 17.2 Å². The number of rotatable bonds is 4. The summed E-state index contributed by atoms with van der Waals surface area (Å²) in [4.78, 5) is 0. The highest BCUT2D eigenvalue weighted by Crippen LogP contribution is 2.26. The maximum Gasteiger partial charge on any atom is 0.388 e. The zero-order valence-corrected chi connectivity index (χ0v) is 15.1. The van der Waals surface area contributed by atoms with E-state index < -0.39 is 20.5 Å². The van der Waals surface area contributed by atoms with E-state index in [1.807, 2.05) is 19.6 Å². The van der Waals surface area contributed by atoms with Gasteiger partial charge in [-0.1, -0.05) is 25.6 Å². The number of nitrogens with one attached hydrogen (secondary N) is 1. The van der Waals surface area contributed by atoms with Crippen LogP contribution in [0.2, 0.25) is 19.6 Å². The number of aromatic nitrogens is 2. The van der Waals surface area contributed by atoms with Gasteiger partial charge in [0.05, 0.1) is 11.9 Å². The number of alkyl halides is 2. The third kappa shape index (κ3) is 4.65. The summed E-state index contributed by atoms with van der Waals surface area (Å²) in [5.41, 5.74) is 4.58. The fraction of sp³-hybridized carbons (Fsp3) is 0.353. The SMILES string of the molecule is C[Si](C)(C)C#Cc1cn(-c2cc(F)cc(C3CN3)c2)nc1OC(F)F. The molecule has 3 rings (SSSR count). The van der Waals surface area contributed by atoms with Gasteiger partial charge < -0.3 is 10.1 Å². The Morgan fingerprint density at radius 2 is 2.04 bits per heavy atom. The molecule has 1 aliphatic heterocycles. The minimum Gasteiger partial charge on any atom is -0.414 e. The summed E-state index contributed by atoms with van der Waals surface area (Å²) in [6.07, 6.45) is 1.49. The van der Waals surface area contributed by atoms with Crippen LogP contribution in [0.3, 0.4) is 0 Å². The van der Waals surface area contributed by atoms with Crippen molar-refractivity contribution in [2.75, 3.05) is 6.54 Å². The predicted molar refractivity (Wildman–Crippen MR) is 91.1 cm³/mol. The first kappa shape index (κ1) is 17.6. The van der Waals surface area contributed by atoms with E-state index in [-0.39, 0.29) is 17.5 Å². The maximum atomic E-state index is 13.9. The Balaban J connectivity index is 2.01. The number of halogens is 3. The Kier molecular flexibility index (Phi) is 4.62. The van der Waals surface area contributed by atoms with Crippen molar-refractivity contribution in [2.45, 2.75) is 32.3 Å². The van der Waals surface area contributed by atoms with Gasteiger partial charge in [0, 0.05) is 12.6 Å². The van der Waals surface area contributed by atoms with Crippen molar-refractivity contribution in [1.29, 1.82) is 0 Å². The van der Waals surface area contributed by atoms with Gasteiger partial charge in [-0.3, -0.25) is 0 Å². The molecule has 1 N–H and O–H groups in total. The van der Waals surface area contributed by atoms with Crippen LogP contribution >= 0.6 is 0 Å². The number of hydrogen-bond donors (Lipinski definition) is 1. The highest BCUT2D eigenvalue weighted by Gasteiger charge is 2.24. The lowest BCUT2D eigenvalue weighted by molar-refractivity contribution is -0.0532. The van der Waals surface area contributed by atoms with Gasteiger partial charge in [-0.25, -0.2) is 9.07 Å². The lowest BCUT2D eigenvalue weighted by atomic mass is 10.1. The van der Waals surface area contributed by atoms with E-state index in [1.54, 1.807) is 6.07 Å². The number of ether oxygens (including phenoxy) is 1. The summed E-state index contributed by atoms with van der Waals surface area (Å²) in [5.74, 6) is 2.21. The molecule has 2 heterocycles. The van der Waals surface area contributed by atoms with Crippen molar-refractivity contribution >= 4 is 8.07 Å². The molecule has 1 aliphatic rings. The van der Waals surface area contributed by atoms with Gasteiger partial charge in [0.2, 0.25) is 0 Å². The summed E-state index contributed by atoms with van der Waals surface area (Å²) in [6, 6.07) is 4.62. The Morgan fingerprint density at radius 3 is 2.64 bits per heavy atom. The molecule has 8 heteroatoms. The van der Waals surface area contributed by atoms with Crippen molar-refractivity contribution in [3.05, 3.63) is 41.3 Å². The highest BCUT2D eigenvalue weighted by atomic mass is 28.3. The van der Waals surface area contributed by atoms with Gasteiger partial charge in [-0.15, -0.1) is 10.6 Å². The maximum absolute atomic E-state index is 13.9. The monoisotopic (exact) mass is 365 g/mol. The molecule has 0 saturated carbocycles. The van der Waals surface area contributed by atoms with Crippen LogP contribution in [-0.2, 0) is 0 Å². The molecule has 1 unspecified atom stereocenters. The molecule has 0 spiro atoms. The number of benzene rings is 1. The van der Waals surface area contributed by atoms with Crippen molar-refractivity contribution in [3.63, 3.8) is 0 Å². The summed E-state index contributed by atoms with van der Waals surface area (Å²) >= 11 is 0. The minimum absolute atomic E-state index is 0.118. The summed E-state index contributed by atoms with van der Waals surface area (Å²) in [7, 11) is -1.71. The molecule has 0 bridgehead atoms.